The lowest BCUT2D eigenvalue weighted by Gasteiger charge is -2.36. The van der Waals surface area contributed by atoms with E-state index in [9.17, 15) is 18.3 Å². The number of hydrogen-bond donors (Lipinski definition) is 2. The van der Waals surface area contributed by atoms with Gasteiger partial charge in [-0.2, -0.15) is 13.2 Å². The summed E-state index contributed by atoms with van der Waals surface area (Å²) in [6.45, 7) is 2.25. The Morgan fingerprint density at radius 2 is 1.87 bits per heavy atom. The molecule has 0 aliphatic carbocycles. The summed E-state index contributed by atoms with van der Waals surface area (Å²) in [6, 6.07) is 3.58. The van der Waals surface area contributed by atoms with Gasteiger partial charge in [0.1, 0.15) is 11.5 Å². The van der Waals surface area contributed by atoms with Crippen LogP contribution in [0.5, 0.6) is 11.5 Å². The molecule has 0 saturated carbocycles. The Morgan fingerprint density at radius 1 is 1.26 bits per heavy atom. The van der Waals surface area contributed by atoms with Crippen LogP contribution in [0.1, 0.15) is 18.0 Å². The predicted molar refractivity (Wildman–Crippen MR) is 87.0 cm³/mol. The summed E-state index contributed by atoms with van der Waals surface area (Å²) in [6.07, 6.45) is -5.33. The van der Waals surface area contributed by atoms with E-state index in [1.807, 2.05) is 0 Å². The number of alkyl halides is 3. The van der Waals surface area contributed by atoms with Crippen molar-refractivity contribution in [2.24, 2.45) is 0 Å². The number of phenols is 1. The van der Waals surface area contributed by atoms with Crippen molar-refractivity contribution >= 4 is 24.8 Å². The minimum atomic E-state index is -4.32. The van der Waals surface area contributed by atoms with Crippen LogP contribution >= 0.6 is 24.8 Å². The highest BCUT2D eigenvalue weighted by molar-refractivity contribution is 5.85. The largest absolute Gasteiger partial charge is 0.507 e. The number of piperazine rings is 1. The van der Waals surface area contributed by atoms with Gasteiger partial charge in [-0.25, -0.2) is 0 Å². The van der Waals surface area contributed by atoms with Crippen LogP contribution in [-0.2, 0) is 0 Å². The van der Waals surface area contributed by atoms with Gasteiger partial charge < -0.3 is 15.2 Å². The maximum Gasteiger partial charge on any atom is 0.390 e. The zero-order valence-electron chi connectivity index (χ0n) is 12.6. The number of phenolic OH excluding ortho intramolecular Hbond substituents is 1. The first-order valence-corrected chi connectivity index (χ1v) is 6.80. The Balaban J connectivity index is 0.00000242. The first-order chi connectivity index (χ1) is 9.92. The SMILES string of the molecule is COc1cccc(O)c1[C@@H](CC(F)(F)F)N1CCNCC1.Cl.Cl. The third kappa shape index (κ3) is 5.91. The second kappa shape index (κ2) is 9.42. The number of aromatic hydroxyl groups is 1. The first-order valence-electron chi connectivity index (χ1n) is 6.80. The van der Waals surface area contributed by atoms with E-state index in [2.05, 4.69) is 5.32 Å². The third-order valence-corrected chi connectivity index (χ3v) is 3.61. The van der Waals surface area contributed by atoms with Crippen LogP contribution in [0, 0.1) is 0 Å². The van der Waals surface area contributed by atoms with E-state index < -0.39 is 18.6 Å². The predicted octanol–water partition coefficient (Wildman–Crippen LogP) is 3.14. The van der Waals surface area contributed by atoms with Crippen molar-refractivity contribution in [2.75, 3.05) is 33.3 Å². The van der Waals surface area contributed by atoms with Crippen molar-refractivity contribution in [2.45, 2.75) is 18.6 Å². The molecule has 0 aromatic heterocycles. The Hall–Kier alpha value is -0.890. The van der Waals surface area contributed by atoms with Crippen molar-refractivity contribution in [1.82, 2.24) is 10.2 Å². The summed E-state index contributed by atoms with van der Waals surface area (Å²) >= 11 is 0. The first kappa shape index (κ1) is 22.1. The summed E-state index contributed by atoms with van der Waals surface area (Å²) in [5.74, 6) is 0.116. The van der Waals surface area contributed by atoms with E-state index in [1.54, 1.807) is 17.0 Å². The number of halogens is 5. The highest BCUT2D eigenvalue weighted by atomic mass is 35.5. The molecule has 2 rings (SSSR count). The molecule has 9 heteroatoms. The van der Waals surface area contributed by atoms with Gasteiger partial charge in [0, 0.05) is 26.2 Å². The van der Waals surface area contributed by atoms with E-state index in [0.29, 0.717) is 26.2 Å². The van der Waals surface area contributed by atoms with E-state index in [0.717, 1.165) is 0 Å². The van der Waals surface area contributed by atoms with E-state index >= 15 is 0 Å². The number of ether oxygens (including phenoxy) is 1. The number of nitrogens with zero attached hydrogens (tertiary/aromatic N) is 1. The molecule has 0 bridgehead atoms. The maximum atomic E-state index is 12.9. The second-order valence-electron chi connectivity index (χ2n) is 5.01. The van der Waals surface area contributed by atoms with Crippen molar-refractivity contribution in [1.29, 1.82) is 0 Å². The van der Waals surface area contributed by atoms with Crippen molar-refractivity contribution < 1.29 is 23.0 Å². The van der Waals surface area contributed by atoms with Gasteiger partial charge in [0.15, 0.2) is 0 Å². The van der Waals surface area contributed by atoms with Crippen LogP contribution in [0.2, 0.25) is 0 Å². The lowest BCUT2D eigenvalue weighted by Crippen LogP contribution is -2.46. The topological polar surface area (TPSA) is 44.7 Å². The minimum absolute atomic E-state index is 0. The molecule has 134 valence electrons. The fraction of sp³-hybridized carbons (Fsp3) is 0.571. The standard InChI is InChI=1S/C14H19F3N2O2.2ClH/c1-21-12-4-2-3-11(20)13(12)10(9-14(15,16)17)19-7-5-18-6-8-19;;/h2-4,10,18,20H,5-9H2,1H3;2*1H/t10-;;/m1../s1. The van der Waals surface area contributed by atoms with Crippen molar-refractivity contribution in [3.63, 3.8) is 0 Å². The highest BCUT2D eigenvalue weighted by Crippen LogP contribution is 2.42. The Bertz CT molecular complexity index is 484. The van der Waals surface area contributed by atoms with Gasteiger partial charge in [-0.3, -0.25) is 4.90 Å². The molecule has 4 nitrogen and oxygen atoms in total. The summed E-state index contributed by atoms with van der Waals surface area (Å²) < 4.78 is 44.0. The van der Waals surface area contributed by atoms with Gasteiger partial charge >= 0.3 is 6.18 Å². The second-order valence-corrected chi connectivity index (χ2v) is 5.01. The molecule has 2 N–H and O–H groups in total. The van der Waals surface area contributed by atoms with Gasteiger partial charge in [0.25, 0.3) is 0 Å². The van der Waals surface area contributed by atoms with Crippen molar-refractivity contribution in [3.05, 3.63) is 23.8 Å². The molecule has 1 fully saturated rings. The molecule has 0 spiro atoms. The molecule has 1 aromatic carbocycles. The molecule has 0 radical (unpaired) electrons. The molecule has 0 amide bonds. The molecule has 1 atom stereocenters. The lowest BCUT2D eigenvalue weighted by atomic mass is 9.98. The average Bonchev–Trinajstić information content (AvgIpc) is 2.45. The van der Waals surface area contributed by atoms with Crippen LogP contribution in [0.15, 0.2) is 18.2 Å². The smallest absolute Gasteiger partial charge is 0.390 e. The Labute approximate surface area is 145 Å². The van der Waals surface area contributed by atoms with Gasteiger partial charge in [-0.1, -0.05) is 6.07 Å². The van der Waals surface area contributed by atoms with Crippen LogP contribution in [-0.4, -0.2) is 49.5 Å². The van der Waals surface area contributed by atoms with Crippen LogP contribution < -0.4 is 10.1 Å². The minimum Gasteiger partial charge on any atom is -0.507 e. The van der Waals surface area contributed by atoms with Gasteiger partial charge in [-0.15, -0.1) is 24.8 Å². The number of benzene rings is 1. The molecule has 1 heterocycles. The Morgan fingerprint density at radius 3 is 2.39 bits per heavy atom. The molecule has 1 aromatic rings. The molecule has 1 saturated heterocycles. The highest BCUT2D eigenvalue weighted by Gasteiger charge is 2.38. The number of nitrogens with one attached hydrogen (secondary N) is 1. The van der Waals surface area contributed by atoms with E-state index in [4.69, 9.17) is 4.74 Å². The molecular weight excluding hydrogens is 356 g/mol. The molecule has 1 aliphatic rings. The maximum absolute atomic E-state index is 12.9. The normalized spacial score (nSPS) is 16.9. The van der Waals surface area contributed by atoms with Gasteiger partial charge in [0.05, 0.1) is 25.1 Å². The molecule has 0 unspecified atom stereocenters. The van der Waals surface area contributed by atoms with E-state index in [1.165, 1.54) is 13.2 Å². The number of hydrogen-bond acceptors (Lipinski definition) is 4. The fourth-order valence-corrected chi connectivity index (χ4v) is 2.67. The van der Waals surface area contributed by atoms with Crippen molar-refractivity contribution in [3.8, 4) is 11.5 Å². The molecule has 1 aliphatic heterocycles. The summed E-state index contributed by atoms with van der Waals surface area (Å²) in [4.78, 5) is 1.74. The van der Waals surface area contributed by atoms with E-state index in [-0.39, 0.29) is 41.9 Å². The summed E-state index contributed by atoms with van der Waals surface area (Å²) in [7, 11) is 1.39. The van der Waals surface area contributed by atoms with Crippen LogP contribution in [0.25, 0.3) is 0 Å². The number of rotatable bonds is 4. The summed E-state index contributed by atoms with van der Waals surface area (Å²) in [5, 5.41) is 13.1. The van der Waals surface area contributed by atoms with Crippen LogP contribution in [0.3, 0.4) is 0 Å². The zero-order chi connectivity index (χ0) is 15.5. The zero-order valence-corrected chi connectivity index (χ0v) is 14.2. The van der Waals surface area contributed by atoms with Gasteiger partial charge in [-0.05, 0) is 12.1 Å². The Kier molecular flexibility index (Phi) is 9.05. The quantitative estimate of drug-likeness (QED) is 0.847. The number of methoxy groups -OCH3 is 1. The third-order valence-electron chi connectivity index (χ3n) is 3.61. The van der Waals surface area contributed by atoms with Crippen LogP contribution in [0.4, 0.5) is 13.2 Å². The monoisotopic (exact) mass is 376 g/mol. The fourth-order valence-electron chi connectivity index (χ4n) is 2.67. The van der Waals surface area contributed by atoms with Gasteiger partial charge in [0.2, 0.25) is 0 Å². The molecular formula is C14H21Cl2F3N2O2. The average molecular weight is 377 g/mol. The lowest BCUT2D eigenvalue weighted by molar-refractivity contribution is -0.149. The summed E-state index contributed by atoms with van der Waals surface area (Å²) in [5.41, 5.74) is 0.208. The molecule has 23 heavy (non-hydrogen) atoms.